The quantitative estimate of drug-likeness (QED) is 0.157. The first kappa shape index (κ1) is 58.8. The van der Waals surface area contributed by atoms with Crippen LogP contribution >= 0.6 is 0 Å². The molecule has 19 heteroatoms. The number of hydrogen-bond donors (Lipinski definition) is 13. The van der Waals surface area contributed by atoms with E-state index in [1.54, 1.807) is 75.5 Å². The van der Waals surface area contributed by atoms with Crippen molar-refractivity contribution in [3.05, 3.63) is 85.1 Å². The summed E-state index contributed by atoms with van der Waals surface area (Å²) < 4.78 is 23.6. The SMILES string of the molecule is C[C@@H]1[C@H](O)[C@@H](C)/C=C/C=C/C=C/C=C/C=C/C=C/C=C/[C@H](O[C@@H]2O[C@H](C)[C@@H](O)[C@H](N)[C@H]2O)C[C@@H]2O[C@](O)(C[C@@H](O)C[C@@H](O)[C@H](O)CC[C@@H](O)C[C@@H](O)CC(=O)O[C@H]1C)C[C@H](O)[C@H]2C(=O)NCCN. The Kier molecular flexibility index (Phi) is 25.6. The predicted molar refractivity (Wildman–Crippen MR) is 251 cm³/mol. The van der Waals surface area contributed by atoms with Gasteiger partial charge in [-0.2, -0.15) is 0 Å². The molecule has 0 aromatic rings. The molecule has 3 aliphatic rings. The van der Waals surface area contributed by atoms with Gasteiger partial charge < -0.3 is 86.8 Å². The van der Waals surface area contributed by atoms with Gasteiger partial charge in [0.05, 0.1) is 85.5 Å². The highest BCUT2D eigenvalue weighted by Crippen LogP contribution is 2.38. The molecule has 19 atom stereocenters. The van der Waals surface area contributed by atoms with Gasteiger partial charge in [-0.1, -0.05) is 98.9 Å². The maximum atomic E-state index is 13.5. The molecule has 0 saturated carbocycles. The molecule has 2 saturated heterocycles. The number of aliphatic hydroxyl groups excluding tert-OH is 9. The van der Waals surface area contributed by atoms with Crippen molar-refractivity contribution in [3.8, 4) is 0 Å². The van der Waals surface area contributed by atoms with E-state index in [9.17, 15) is 60.7 Å². The van der Waals surface area contributed by atoms with Crippen LogP contribution in [0.3, 0.4) is 0 Å². The zero-order valence-corrected chi connectivity index (χ0v) is 39.6. The minimum Gasteiger partial charge on any atom is -0.462 e. The van der Waals surface area contributed by atoms with Crippen LogP contribution in [0.2, 0.25) is 0 Å². The number of allylic oxidation sites excluding steroid dienone is 12. The molecule has 0 aliphatic carbocycles. The topological polar surface area (TPSA) is 337 Å². The van der Waals surface area contributed by atoms with Gasteiger partial charge in [-0.05, 0) is 33.1 Å². The van der Waals surface area contributed by atoms with Crippen molar-refractivity contribution in [2.45, 2.75) is 177 Å². The van der Waals surface area contributed by atoms with E-state index < -0.39 is 147 Å². The van der Waals surface area contributed by atoms with Crippen LogP contribution in [0, 0.1) is 17.8 Å². The van der Waals surface area contributed by atoms with Crippen LogP contribution in [0.25, 0.3) is 0 Å². The van der Waals surface area contributed by atoms with Crippen LogP contribution in [-0.2, 0) is 28.5 Å². The van der Waals surface area contributed by atoms with Gasteiger partial charge in [0.25, 0.3) is 0 Å². The van der Waals surface area contributed by atoms with Crippen LogP contribution in [0.4, 0.5) is 0 Å². The van der Waals surface area contributed by atoms with Crippen LogP contribution in [0.5, 0.6) is 0 Å². The molecular weight excluding hydrogens is 887 g/mol. The Balaban J connectivity index is 1.91. The number of nitrogens with two attached hydrogens (primary N) is 2. The number of rotatable bonds is 5. The standard InChI is InChI=1S/C49H79N3O16/c1-29-17-15-13-11-9-7-5-6-8-10-12-14-16-18-36(67-48-46(62)43(51)45(61)32(4)66-48)26-40-42(47(63)52-22-21-50)39(58)28-49(64,68-40)27-35(55)24-38(57)37(56)20-19-33(53)23-34(54)25-41(59)65-31(3)30(2)44(29)60/h5-18,29-40,42-46,48,53-58,60-62,64H,19-28,50-51H2,1-4H3,(H,52,63)/b6-5+,9-7+,10-8+,13-11+,14-12+,17-15+,18-16+/t29-,30-,31-,32+,33+,34+,35-,36-,37+,38+,39-,40-,42+,43-,44+,45+,46+,48-,49+/m0/s1. The predicted octanol–water partition coefficient (Wildman–Crippen LogP) is -0.298. The molecule has 15 N–H and O–H groups in total. The monoisotopic (exact) mass is 966 g/mol. The minimum absolute atomic E-state index is 0.0628. The van der Waals surface area contributed by atoms with Crippen molar-refractivity contribution in [3.63, 3.8) is 0 Å². The number of ether oxygens (including phenoxy) is 4. The van der Waals surface area contributed by atoms with Gasteiger partial charge in [0.15, 0.2) is 12.1 Å². The first-order valence-corrected chi connectivity index (χ1v) is 23.6. The lowest BCUT2D eigenvalue weighted by Crippen LogP contribution is -2.62. The highest BCUT2D eigenvalue weighted by atomic mass is 16.7. The van der Waals surface area contributed by atoms with E-state index >= 15 is 0 Å². The third kappa shape index (κ3) is 19.7. The molecule has 3 rings (SSSR count). The van der Waals surface area contributed by atoms with E-state index in [-0.39, 0.29) is 44.7 Å². The van der Waals surface area contributed by atoms with E-state index in [2.05, 4.69) is 5.32 Å². The second-order valence-corrected chi connectivity index (χ2v) is 18.3. The molecular formula is C49H79N3O16. The third-order valence-electron chi connectivity index (χ3n) is 12.5. The van der Waals surface area contributed by atoms with Crippen LogP contribution in [-0.4, -0.2) is 174 Å². The average Bonchev–Trinajstić information content (AvgIpc) is 3.26. The summed E-state index contributed by atoms with van der Waals surface area (Å²) in [5, 5.41) is 112. The van der Waals surface area contributed by atoms with Gasteiger partial charge >= 0.3 is 5.97 Å². The van der Waals surface area contributed by atoms with E-state index in [0.717, 1.165) is 0 Å². The first-order chi connectivity index (χ1) is 32.2. The molecule has 0 radical (unpaired) electrons. The first-order valence-electron chi connectivity index (χ1n) is 23.6. The number of carbonyl (C=O) groups excluding carboxylic acids is 2. The van der Waals surface area contributed by atoms with Gasteiger partial charge in [-0.15, -0.1) is 0 Å². The van der Waals surface area contributed by atoms with Gasteiger partial charge in [-0.3, -0.25) is 9.59 Å². The lowest BCUT2D eigenvalue weighted by molar-refractivity contribution is -0.307. The number of aliphatic hydroxyl groups is 10. The Bertz CT molecular complexity index is 1730. The molecule has 386 valence electrons. The van der Waals surface area contributed by atoms with E-state index in [0.29, 0.717) is 0 Å². The number of fused-ring (bicyclic) bond motifs is 2. The van der Waals surface area contributed by atoms with Crippen molar-refractivity contribution in [2.75, 3.05) is 13.1 Å². The number of nitrogens with one attached hydrogen (secondary N) is 1. The number of carbonyl (C=O) groups is 2. The van der Waals surface area contributed by atoms with Crippen LogP contribution in [0.15, 0.2) is 85.1 Å². The Hall–Kier alpha value is -3.48. The van der Waals surface area contributed by atoms with Crippen molar-refractivity contribution in [2.24, 2.45) is 29.2 Å². The molecule has 0 aromatic heterocycles. The smallest absolute Gasteiger partial charge is 0.308 e. The summed E-state index contributed by atoms with van der Waals surface area (Å²) in [6.07, 6.45) is 4.61. The van der Waals surface area contributed by atoms with Gasteiger partial charge in [0.1, 0.15) is 12.2 Å². The zero-order valence-electron chi connectivity index (χ0n) is 39.6. The second kappa shape index (κ2) is 29.6. The Labute approximate surface area is 399 Å². The molecule has 68 heavy (non-hydrogen) atoms. The molecule has 2 bridgehead atoms. The molecule has 3 heterocycles. The van der Waals surface area contributed by atoms with Crippen molar-refractivity contribution in [1.82, 2.24) is 5.32 Å². The third-order valence-corrected chi connectivity index (χ3v) is 12.5. The van der Waals surface area contributed by atoms with Crippen LogP contribution in [0.1, 0.15) is 79.1 Å². The van der Waals surface area contributed by atoms with Crippen molar-refractivity contribution >= 4 is 11.9 Å². The normalized spacial score (nSPS) is 44.0. The molecule has 1 amide bonds. The Morgan fingerprint density at radius 1 is 0.706 bits per heavy atom. The van der Waals surface area contributed by atoms with Gasteiger partial charge in [0.2, 0.25) is 5.91 Å². The van der Waals surface area contributed by atoms with Crippen molar-refractivity contribution in [1.29, 1.82) is 0 Å². The molecule has 3 aliphatic heterocycles. The molecule has 19 nitrogen and oxygen atoms in total. The zero-order chi connectivity index (χ0) is 50.6. The highest BCUT2D eigenvalue weighted by Gasteiger charge is 2.51. The molecule has 0 aromatic carbocycles. The minimum atomic E-state index is -2.27. The van der Waals surface area contributed by atoms with E-state index in [4.69, 9.17) is 30.4 Å². The summed E-state index contributed by atoms with van der Waals surface area (Å²) in [5.41, 5.74) is 11.7. The molecule has 0 spiro atoms. The van der Waals surface area contributed by atoms with E-state index in [1.807, 2.05) is 37.3 Å². The maximum absolute atomic E-state index is 13.5. The van der Waals surface area contributed by atoms with Crippen molar-refractivity contribution < 1.29 is 79.6 Å². The Morgan fingerprint density at radius 3 is 1.90 bits per heavy atom. The van der Waals surface area contributed by atoms with Crippen LogP contribution < -0.4 is 16.8 Å². The molecule has 2 fully saturated rings. The van der Waals surface area contributed by atoms with Gasteiger partial charge in [0, 0.05) is 50.6 Å². The van der Waals surface area contributed by atoms with E-state index in [1.165, 1.54) is 0 Å². The summed E-state index contributed by atoms with van der Waals surface area (Å²) >= 11 is 0. The summed E-state index contributed by atoms with van der Waals surface area (Å²) in [5.74, 6) is -5.65. The fourth-order valence-electron chi connectivity index (χ4n) is 8.30. The van der Waals surface area contributed by atoms with Gasteiger partial charge in [-0.25, -0.2) is 0 Å². The number of amides is 1. The summed E-state index contributed by atoms with van der Waals surface area (Å²) in [7, 11) is 0. The largest absolute Gasteiger partial charge is 0.462 e. The lowest BCUT2D eigenvalue weighted by Gasteiger charge is -2.46. The fourth-order valence-corrected chi connectivity index (χ4v) is 8.30. The Morgan fingerprint density at radius 2 is 1.29 bits per heavy atom. The fraction of sp³-hybridized carbons (Fsp3) is 0.673. The molecule has 0 unspecified atom stereocenters. The number of esters is 1. The second-order valence-electron chi connectivity index (χ2n) is 18.3. The summed E-state index contributed by atoms with van der Waals surface area (Å²) in [4.78, 5) is 26.2. The number of cyclic esters (lactones) is 1. The number of hydrogen-bond acceptors (Lipinski definition) is 18. The summed E-state index contributed by atoms with van der Waals surface area (Å²) in [6, 6.07) is -1.13. The summed E-state index contributed by atoms with van der Waals surface area (Å²) in [6.45, 7) is 6.94. The average molecular weight is 966 g/mol. The maximum Gasteiger partial charge on any atom is 0.308 e. The lowest BCUT2D eigenvalue weighted by atomic mass is 9.82. The highest BCUT2D eigenvalue weighted by molar-refractivity contribution is 5.80.